The summed E-state index contributed by atoms with van der Waals surface area (Å²) in [7, 11) is 1.84. The monoisotopic (exact) mass is 251 g/mol. The molecule has 100 valence electrons. The van der Waals surface area contributed by atoms with Gasteiger partial charge in [-0.05, 0) is 25.5 Å². The van der Waals surface area contributed by atoms with Crippen LogP contribution < -0.4 is 10.2 Å². The van der Waals surface area contributed by atoms with Crippen molar-refractivity contribution in [2.75, 3.05) is 25.0 Å². The summed E-state index contributed by atoms with van der Waals surface area (Å²) in [5.41, 5.74) is 1.48. The molecule has 0 saturated carbocycles. The van der Waals surface area contributed by atoms with Crippen molar-refractivity contribution in [3.63, 3.8) is 0 Å². The number of hydrogen-bond donors (Lipinski definition) is 2. The highest BCUT2D eigenvalue weighted by Gasteiger charge is 2.08. The van der Waals surface area contributed by atoms with Gasteiger partial charge in [0, 0.05) is 13.6 Å². The SMILES string of the molecule is CCCNC(=O)CN(C)c1ccc([C@@H](C)O)nc1. The molecule has 0 spiro atoms. The molecule has 0 aliphatic carbocycles. The lowest BCUT2D eigenvalue weighted by molar-refractivity contribution is -0.119. The highest BCUT2D eigenvalue weighted by atomic mass is 16.3. The number of pyridine rings is 1. The van der Waals surface area contributed by atoms with E-state index in [-0.39, 0.29) is 5.91 Å². The smallest absolute Gasteiger partial charge is 0.239 e. The minimum Gasteiger partial charge on any atom is -0.387 e. The fourth-order valence-corrected chi connectivity index (χ4v) is 1.50. The normalized spacial score (nSPS) is 12.0. The van der Waals surface area contributed by atoms with Crippen LogP contribution in [0, 0.1) is 0 Å². The predicted molar refractivity (Wildman–Crippen MR) is 71.4 cm³/mol. The van der Waals surface area contributed by atoms with E-state index in [1.165, 1.54) is 0 Å². The van der Waals surface area contributed by atoms with Crippen LogP contribution in [0.15, 0.2) is 18.3 Å². The van der Waals surface area contributed by atoms with Crippen molar-refractivity contribution in [3.8, 4) is 0 Å². The average molecular weight is 251 g/mol. The quantitative estimate of drug-likeness (QED) is 0.794. The summed E-state index contributed by atoms with van der Waals surface area (Å²) in [6, 6.07) is 3.61. The highest BCUT2D eigenvalue weighted by Crippen LogP contribution is 2.14. The van der Waals surface area contributed by atoms with Crippen molar-refractivity contribution >= 4 is 11.6 Å². The summed E-state index contributed by atoms with van der Waals surface area (Å²) in [4.78, 5) is 17.5. The molecular weight excluding hydrogens is 230 g/mol. The minimum absolute atomic E-state index is 0.000970. The predicted octanol–water partition coefficient (Wildman–Crippen LogP) is 1.10. The van der Waals surface area contributed by atoms with Crippen molar-refractivity contribution in [2.24, 2.45) is 0 Å². The number of aromatic nitrogens is 1. The summed E-state index contributed by atoms with van der Waals surface area (Å²) in [6.07, 6.45) is 2.02. The Balaban J connectivity index is 2.56. The topological polar surface area (TPSA) is 65.5 Å². The maximum atomic E-state index is 11.5. The fourth-order valence-electron chi connectivity index (χ4n) is 1.50. The van der Waals surface area contributed by atoms with Crippen molar-refractivity contribution in [1.29, 1.82) is 0 Å². The third-order valence-electron chi connectivity index (χ3n) is 2.59. The molecule has 1 rings (SSSR count). The molecule has 5 nitrogen and oxygen atoms in total. The third-order valence-corrected chi connectivity index (χ3v) is 2.59. The third kappa shape index (κ3) is 4.33. The zero-order valence-electron chi connectivity index (χ0n) is 11.2. The first-order chi connectivity index (χ1) is 8.54. The van der Waals surface area contributed by atoms with E-state index in [0.717, 1.165) is 12.1 Å². The number of likely N-dealkylation sites (N-methyl/N-ethyl adjacent to an activating group) is 1. The van der Waals surface area contributed by atoms with E-state index in [0.29, 0.717) is 18.8 Å². The van der Waals surface area contributed by atoms with E-state index < -0.39 is 6.10 Å². The summed E-state index contributed by atoms with van der Waals surface area (Å²) < 4.78 is 0. The molecule has 1 aromatic rings. The van der Waals surface area contributed by atoms with Gasteiger partial charge in [-0.3, -0.25) is 9.78 Å². The van der Waals surface area contributed by atoms with Gasteiger partial charge in [-0.1, -0.05) is 6.92 Å². The second kappa shape index (κ2) is 6.96. The van der Waals surface area contributed by atoms with Crippen molar-refractivity contribution in [2.45, 2.75) is 26.4 Å². The molecule has 2 N–H and O–H groups in total. The summed E-state index contributed by atoms with van der Waals surface area (Å²) >= 11 is 0. The molecule has 0 bridgehead atoms. The Labute approximate surface area is 108 Å². The van der Waals surface area contributed by atoms with Gasteiger partial charge in [0.1, 0.15) is 0 Å². The number of aliphatic hydroxyl groups excluding tert-OH is 1. The Hall–Kier alpha value is -1.62. The molecule has 1 amide bonds. The molecule has 0 fully saturated rings. The summed E-state index contributed by atoms with van der Waals surface area (Å²) in [6.45, 7) is 4.69. The Morgan fingerprint density at radius 3 is 2.78 bits per heavy atom. The molecule has 0 radical (unpaired) electrons. The lowest BCUT2D eigenvalue weighted by Gasteiger charge is -2.18. The number of hydrogen-bond acceptors (Lipinski definition) is 4. The largest absolute Gasteiger partial charge is 0.387 e. The lowest BCUT2D eigenvalue weighted by Crippen LogP contribution is -2.35. The van der Waals surface area contributed by atoms with Crippen LogP contribution in [-0.2, 0) is 4.79 Å². The molecule has 0 aliphatic heterocycles. The second-order valence-corrected chi connectivity index (χ2v) is 4.32. The molecule has 5 heteroatoms. The van der Waals surface area contributed by atoms with Gasteiger partial charge in [0.05, 0.1) is 30.2 Å². The van der Waals surface area contributed by atoms with E-state index >= 15 is 0 Å². The van der Waals surface area contributed by atoms with Gasteiger partial charge in [-0.25, -0.2) is 0 Å². The molecule has 0 aromatic carbocycles. The summed E-state index contributed by atoms with van der Waals surface area (Å²) in [5, 5.41) is 12.2. The van der Waals surface area contributed by atoms with Crippen molar-refractivity contribution in [3.05, 3.63) is 24.0 Å². The van der Waals surface area contributed by atoms with Crippen LogP contribution in [0.4, 0.5) is 5.69 Å². The Kier molecular flexibility index (Phi) is 5.58. The van der Waals surface area contributed by atoms with E-state index in [1.54, 1.807) is 19.2 Å². The first kappa shape index (κ1) is 14.4. The number of amides is 1. The number of anilines is 1. The van der Waals surface area contributed by atoms with Gasteiger partial charge in [0.25, 0.3) is 0 Å². The number of aliphatic hydroxyl groups is 1. The standard InChI is InChI=1S/C13H21N3O2/c1-4-7-14-13(18)9-16(3)11-5-6-12(10(2)17)15-8-11/h5-6,8,10,17H,4,7,9H2,1-3H3,(H,14,18)/t10-/m1/s1. The molecule has 0 unspecified atom stereocenters. The number of nitrogens with one attached hydrogen (secondary N) is 1. The highest BCUT2D eigenvalue weighted by molar-refractivity contribution is 5.81. The van der Waals surface area contributed by atoms with Crippen molar-refractivity contribution < 1.29 is 9.90 Å². The maximum absolute atomic E-state index is 11.5. The van der Waals surface area contributed by atoms with Crippen LogP contribution in [0.1, 0.15) is 32.1 Å². The first-order valence-corrected chi connectivity index (χ1v) is 6.16. The second-order valence-electron chi connectivity index (χ2n) is 4.32. The van der Waals surface area contributed by atoms with Crippen LogP contribution in [0.5, 0.6) is 0 Å². The van der Waals surface area contributed by atoms with E-state index in [9.17, 15) is 9.90 Å². The van der Waals surface area contributed by atoms with E-state index in [2.05, 4.69) is 10.3 Å². The van der Waals surface area contributed by atoms with Crippen LogP contribution in [0.3, 0.4) is 0 Å². The van der Waals surface area contributed by atoms with Crippen LogP contribution in [0.2, 0.25) is 0 Å². The maximum Gasteiger partial charge on any atom is 0.239 e. The van der Waals surface area contributed by atoms with Gasteiger partial charge in [0.15, 0.2) is 0 Å². The Morgan fingerprint density at radius 1 is 1.56 bits per heavy atom. The molecule has 18 heavy (non-hydrogen) atoms. The first-order valence-electron chi connectivity index (χ1n) is 6.16. The number of carbonyl (C=O) groups excluding carboxylic acids is 1. The molecular formula is C13H21N3O2. The Morgan fingerprint density at radius 2 is 2.28 bits per heavy atom. The summed E-state index contributed by atoms with van der Waals surface area (Å²) in [5.74, 6) is -0.000970. The van der Waals surface area contributed by atoms with Crippen LogP contribution in [0.25, 0.3) is 0 Å². The Bertz CT molecular complexity index is 376. The minimum atomic E-state index is -0.572. The average Bonchev–Trinajstić information content (AvgIpc) is 2.36. The van der Waals surface area contributed by atoms with Crippen LogP contribution >= 0.6 is 0 Å². The molecule has 1 heterocycles. The molecule has 0 saturated heterocycles. The molecule has 0 aliphatic rings. The number of nitrogens with zero attached hydrogens (tertiary/aromatic N) is 2. The van der Waals surface area contributed by atoms with Crippen LogP contribution in [-0.4, -0.2) is 36.1 Å². The molecule has 1 aromatic heterocycles. The number of rotatable bonds is 6. The lowest BCUT2D eigenvalue weighted by atomic mass is 10.2. The number of carbonyl (C=O) groups is 1. The van der Waals surface area contributed by atoms with E-state index in [4.69, 9.17) is 0 Å². The van der Waals surface area contributed by atoms with E-state index in [1.807, 2.05) is 24.9 Å². The van der Waals surface area contributed by atoms with Crippen molar-refractivity contribution in [1.82, 2.24) is 10.3 Å². The van der Waals surface area contributed by atoms with Gasteiger partial charge in [-0.2, -0.15) is 0 Å². The fraction of sp³-hybridized carbons (Fsp3) is 0.538. The zero-order chi connectivity index (χ0) is 13.5. The van der Waals surface area contributed by atoms with Gasteiger partial charge in [0.2, 0.25) is 5.91 Å². The van der Waals surface area contributed by atoms with Gasteiger partial charge >= 0.3 is 0 Å². The molecule has 1 atom stereocenters. The van der Waals surface area contributed by atoms with Gasteiger partial charge in [-0.15, -0.1) is 0 Å². The van der Waals surface area contributed by atoms with Gasteiger partial charge < -0.3 is 15.3 Å². The zero-order valence-corrected chi connectivity index (χ0v) is 11.2.